The molecule has 0 bridgehead atoms. The fraction of sp³-hybridized carbons (Fsp3) is 0.588. The summed E-state index contributed by atoms with van der Waals surface area (Å²) in [5.74, 6) is 1.49. The number of rotatable bonds is 5. The second-order valence-corrected chi connectivity index (χ2v) is 6.26. The molecule has 1 fully saturated rings. The summed E-state index contributed by atoms with van der Waals surface area (Å²) in [6, 6.07) is 7.61. The van der Waals surface area contributed by atoms with Crippen LogP contribution in [0.15, 0.2) is 24.3 Å². The highest BCUT2D eigenvalue weighted by molar-refractivity contribution is 5.79. The van der Waals surface area contributed by atoms with Crippen LogP contribution >= 0.6 is 0 Å². The fourth-order valence-electron chi connectivity index (χ4n) is 3.28. The first-order valence-electron chi connectivity index (χ1n) is 7.71. The first-order chi connectivity index (χ1) is 10.1. The van der Waals surface area contributed by atoms with Crippen LogP contribution in [0.2, 0.25) is 0 Å². The Morgan fingerprint density at radius 2 is 2.14 bits per heavy atom. The largest absolute Gasteiger partial charge is 0.497 e. The molecule has 0 aromatic heterocycles. The number of nitrogens with one attached hydrogen (secondary N) is 1. The topological polar surface area (TPSA) is 64.3 Å². The van der Waals surface area contributed by atoms with E-state index in [-0.39, 0.29) is 11.4 Å². The molecule has 3 N–H and O–H groups in total. The van der Waals surface area contributed by atoms with E-state index in [9.17, 15) is 4.79 Å². The summed E-state index contributed by atoms with van der Waals surface area (Å²) in [6.07, 6.45) is 4.73. The summed E-state index contributed by atoms with van der Waals surface area (Å²) in [5, 5.41) is 3.19. The average molecular weight is 290 g/mol. The molecule has 2 atom stereocenters. The summed E-state index contributed by atoms with van der Waals surface area (Å²) in [6.45, 7) is 2.75. The van der Waals surface area contributed by atoms with E-state index in [4.69, 9.17) is 10.5 Å². The van der Waals surface area contributed by atoms with Crippen molar-refractivity contribution in [2.45, 2.75) is 44.6 Å². The summed E-state index contributed by atoms with van der Waals surface area (Å²) < 4.78 is 5.12. The minimum absolute atomic E-state index is 0.0553. The number of benzene rings is 1. The first kappa shape index (κ1) is 15.8. The predicted octanol–water partition coefficient (Wildman–Crippen LogP) is 2.26. The molecular formula is C17H26N2O2. The van der Waals surface area contributed by atoms with Crippen LogP contribution in [0, 0.1) is 5.92 Å². The molecule has 116 valence electrons. The van der Waals surface area contributed by atoms with Gasteiger partial charge < -0.3 is 15.8 Å². The van der Waals surface area contributed by atoms with E-state index in [0.717, 1.165) is 30.6 Å². The van der Waals surface area contributed by atoms with Crippen LogP contribution in [0.25, 0.3) is 0 Å². The van der Waals surface area contributed by atoms with Gasteiger partial charge in [0.2, 0.25) is 5.91 Å². The number of methoxy groups -OCH3 is 1. The second kappa shape index (κ2) is 6.94. The van der Waals surface area contributed by atoms with Gasteiger partial charge in [0.05, 0.1) is 19.1 Å². The lowest BCUT2D eigenvalue weighted by atomic mass is 9.76. The van der Waals surface area contributed by atoms with Gasteiger partial charge in [0.25, 0.3) is 0 Å². The third-order valence-electron chi connectivity index (χ3n) is 4.41. The van der Waals surface area contributed by atoms with Crippen LogP contribution in [0.4, 0.5) is 0 Å². The number of carbonyl (C=O) groups is 1. The first-order valence-corrected chi connectivity index (χ1v) is 7.71. The van der Waals surface area contributed by atoms with Gasteiger partial charge in [-0.1, -0.05) is 31.9 Å². The van der Waals surface area contributed by atoms with Crippen molar-refractivity contribution in [3.63, 3.8) is 0 Å². The van der Waals surface area contributed by atoms with Gasteiger partial charge in [-0.15, -0.1) is 0 Å². The predicted molar refractivity (Wildman–Crippen MR) is 84.3 cm³/mol. The van der Waals surface area contributed by atoms with E-state index in [1.807, 2.05) is 24.3 Å². The third kappa shape index (κ3) is 4.21. The van der Waals surface area contributed by atoms with E-state index in [2.05, 4.69) is 12.2 Å². The second-order valence-electron chi connectivity index (χ2n) is 6.26. The Kier molecular flexibility index (Phi) is 5.23. The van der Waals surface area contributed by atoms with E-state index in [1.165, 1.54) is 6.42 Å². The van der Waals surface area contributed by atoms with Crippen LogP contribution in [0.1, 0.15) is 38.2 Å². The van der Waals surface area contributed by atoms with Crippen molar-refractivity contribution >= 4 is 5.91 Å². The van der Waals surface area contributed by atoms with Crippen LogP contribution in [-0.4, -0.2) is 25.1 Å². The maximum Gasteiger partial charge on any atom is 0.224 e. The Balaban J connectivity index is 1.95. The molecule has 1 saturated carbocycles. The average Bonchev–Trinajstić information content (AvgIpc) is 2.48. The quantitative estimate of drug-likeness (QED) is 0.874. The summed E-state index contributed by atoms with van der Waals surface area (Å²) in [7, 11) is 1.64. The molecule has 1 aliphatic rings. The van der Waals surface area contributed by atoms with Gasteiger partial charge in [0, 0.05) is 6.54 Å². The van der Waals surface area contributed by atoms with Crippen molar-refractivity contribution in [2.24, 2.45) is 11.7 Å². The Labute approximate surface area is 127 Å². The number of hydrogen-bond acceptors (Lipinski definition) is 3. The van der Waals surface area contributed by atoms with Gasteiger partial charge in [-0.05, 0) is 36.5 Å². The van der Waals surface area contributed by atoms with Crippen molar-refractivity contribution in [3.05, 3.63) is 29.8 Å². The molecule has 4 heteroatoms. The van der Waals surface area contributed by atoms with E-state index >= 15 is 0 Å². The van der Waals surface area contributed by atoms with Gasteiger partial charge in [-0.2, -0.15) is 0 Å². The zero-order valence-electron chi connectivity index (χ0n) is 13.0. The highest BCUT2D eigenvalue weighted by atomic mass is 16.5. The van der Waals surface area contributed by atoms with Crippen LogP contribution in [0.5, 0.6) is 5.75 Å². The monoisotopic (exact) mass is 290 g/mol. The maximum atomic E-state index is 12.3. The lowest BCUT2D eigenvalue weighted by Gasteiger charge is -2.40. The lowest BCUT2D eigenvalue weighted by molar-refractivity contribution is -0.122. The normalized spacial score (nSPS) is 25.4. The third-order valence-corrected chi connectivity index (χ3v) is 4.41. The van der Waals surface area contributed by atoms with Gasteiger partial charge in [0.15, 0.2) is 0 Å². The van der Waals surface area contributed by atoms with Gasteiger partial charge in [0.1, 0.15) is 5.75 Å². The van der Waals surface area contributed by atoms with Crippen molar-refractivity contribution in [1.29, 1.82) is 0 Å². The highest BCUT2D eigenvalue weighted by Crippen LogP contribution is 2.31. The standard InChI is InChI=1S/C17H26N2O2/c1-13-4-3-9-17(11-13,12-18)19-16(20)10-14-5-7-15(21-2)8-6-14/h5-8,13H,3-4,9-12,18H2,1-2H3,(H,19,20). The van der Waals surface area contributed by atoms with Gasteiger partial charge >= 0.3 is 0 Å². The minimum Gasteiger partial charge on any atom is -0.497 e. The molecular weight excluding hydrogens is 264 g/mol. The molecule has 0 aliphatic heterocycles. The molecule has 1 aromatic rings. The molecule has 0 saturated heterocycles. The summed E-state index contributed by atoms with van der Waals surface area (Å²) in [4.78, 5) is 12.3. The van der Waals surface area contributed by atoms with Crippen LogP contribution in [-0.2, 0) is 11.2 Å². The SMILES string of the molecule is COc1ccc(CC(=O)NC2(CN)CCCC(C)C2)cc1. The molecule has 0 spiro atoms. The Hall–Kier alpha value is -1.55. The number of amides is 1. The zero-order chi connectivity index (χ0) is 15.3. The van der Waals surface area contributed by atoms with Gasteiger partial charge in [-0.3, -0.25) is 4.79 Å². The maximum absolute atomic E-state index is 12.3. The smallest absolute Gasteiger partial charge is 0.224 e. The van der Waals surface area contributed by atoms with Crippen LogP contribution < -0.4 is 15.8 Å². The zero-order valence-corrected chi connectivity index (χ0v) is 13.0. The van der Waals surface area contributed by atoms with E-state index < -0.39 is 0 Å². The van der Waals surface area contributed by atoms with E-state index in [0.29, 0.717) is 18.9 Å². The molecule has 0 radical (unpaired) electrons. The Morgan fingerprint density at radius 3 is 2.71 bits per heavy atom. The Bertz CT molecular complexity index is 472. The van der Waals surface area contributed by atoms with Crippen molar-refractivity contribution in [1.82, 2.24) is 5.32 Å². The Morgan fingerprint density at radius 1 is 1.43 bits per heavy atom. The molecule has 1 amide bonds. The number of hydrogen-bond donors (Lipinski definition) is 2. The number of nitrogens with two attached hydrogens (primary N) is 1. The molecule has 2 unspecified atom stereocenters. The summed E-state index contributed by atoms with van der Waals surface area (Å²) >= 11 is 0. The van der Waals surface area contributed by atoms with Crippen molar-refractivity contribution in [2.75, 3.05) is 13.7 Å². The van der Waals surface area contributed by atoms with E-state index in [1.54, 1.807) is 7.11 Å². The molecule has 1 aliphatic carbocycles. The molecule has 4 nitrogen and oxygen atoms in total. The van der Waals surface area contributed by atoms with Crippen molar-refractivity contribution < 1.29 is 9.53 Å². The molecule has 2 rings (SSSR count). The summed E-state index contributed by atoms with van der Waals surface area (Å²) in [5.41, 5.74) is 6.73. The molecule has 21 heavy (non-hydrogen) atoms. The van der Waals surface area contributed by atoms with Crippen molar-refractivity contribution in [3.8, 4) is 5.75 Å². The highest BCUT2D eigenvalue weighted by Gasteiger charge is 2.34. The molecule has 1 aromatic carbocycles. The lowest BCUT2D eigenvalue weighted by Crippen LogP contribution is -2.56. The fourth-order valence-corrected chi connectivity index (χ4v) is 3.28. The molecule has 0 heterocycles. The number of ether oxygens (including phenoxy) is 1. The number of carbonyl (C=O) groups excluding carboxylic acids is 1. The van der Waals surface area contributed by atoms with Gasteiger partial charge in [-0.25, -0.2) is 0 Å². The van der Waals surface area contributed by atoms with Crippen LogP contribution in [0.3, 0.4) is 0 Å². The minimum atomic E-state index is -0.207.